The number of nitrogen functional groups attached to an aromatic ring is 1. The number of pyridine rings is 1. The average molecular weight is 240 g/mol. The highest BCUT2D eigenvalue weighted by Crippen LogP contribution is 2.19. The van der Waals surface area contributed by atoms with E-state index in [0.717, 1.165) is 5.56 Å². The Morgan fingerprint density at radius 3 is 2.71 bits per heavy atom. The van der Waals surface area contributed by atoms with Crippen LogP contribution in [0.3, 0.4) is 0 Å². The normalized spacial score (nSPS) is 14.1. The molecule has 0 bridgehead atoms. The van der Waals surface area contributed by atoms with Crippen LogP contribution in [0.15, 0.2) is 12.1 Å². The third kappa shape index (κ3) is 3.69. The summed E-state index contributed by atoms with van der Waals surface area (Å²) in [7, 11) is 1.21. The second kappa shape index (κ2) is 5.60. The van der Waals surface area contributed by atoms with Crippen LogP contribution in [0.5, 0.6) is 0 Å². The number of aliphatic hydroxyl groups excluding tert-OH is 2. The molecule has 0 aliphatic heterocycles. The second-order valence-corrected chi connectivity index (χ2v) is 3.79. The number of hydrogen-bond donors (Lipinski definition) is 3. The van der Waals surface area contributed by atoms with Crippen molar-refractivity contribution in [2.45, 2.75) is 25.6 Å². The van der Waals surface area contributed by atoms with Gasteiger partial charge in [-0.15, -0.1) is 0 Å². The number of ether oxygens (including phenoxy) is 1. The van der Waals surface area contributed by atoms with Crippen molar-refractivity contribution in [2.75, 3.05) is 12.8 Å². The van der Waals surface area contributed by atoms with Crippen LogP contribution in [0, 0.1) is 6.92 Å². The van der Waals surface area contributed by atoms with E-state index >= 15 is 0 Å². The Hall–Kier alpha value is -1.66. The number of methoxy groups -OCH3 is 1. The molecule has 2 atom stereocenters. The van der Waals surface area contributed by atoms with Crippen LogP contribution in [0.1, 0.15) is 23.8 Å². The number of aromatic nitrogens is 1. The lowest BCUT2D eigenvalue weighted by Crippen LogP contribution is -2.23. The first-order valence-corrected chi connectivity index (χ1v) is 5.11. The fraction of sp³-hybridized carbons (Fsp3) is 0.455. The molecule has 4 N–H and O–H groups in total. The Labute approximate surface area is 99.0 Å². The molecule has 0 aromatic carbocycles. The fourth-order valence-corrected chi connectivity index (χ4v) is 1.44. The Bertz CT molecular complexity index is 388. The largest absolute Gasteiger partial charge is 0.469 e. The van der Waals surface area contributed by atoms with E-state index in [9.17, 15) is 15.0 Å². The van der Waals surface area contributed by atoms with Gasteiger partial charge in [-0.3, -0.25) is 4.79 Å². The molecule has 0 fully saturated rings. The minimum atomic E-state index is -1.27. The molecule has 0 aliphatic carbocycles. The van der Waals surface area contributed by atoms with Gasteiger partial charge in [0.2, 0.25) is 0 Å². The average Bonchev–Trinajstić information content (AvgIpc) is 2.26. The van der Waals surface area contributed by atoms with Crippen molar-refractivity contribution in [3.63, 3.8) is 0 Å². The molecule has 1 rings (SSSR count). The summed E-state index contributed by atoms with van der Waals surface area (Å²) in [5.74, 6) is -0.346. The summed E-state index contributed by atoms with van der Waals surface area (Å²) in [5, 5.41) is 19.4. The summed E-state index contributed by atoms with van der Waals surface area (Å²) in [6.07, 6.45) is -2.83. The van der Waals surface area contributed by atoms with Gasteiger partial charge in [0.25, 0.3) is 0 Å². The van der Waals surface area contributed by atoms with Gasteiger partial charge in [0.05, 0.1) is 25.3 Å². The molecule has 0 spiro atoms. The summed E-state index contributed by atoms with van der Waals surface area (Å²) in [4.78, 5) is 14.9. The maximum Gasteiger partial charge on any atom is 0.308 e. The molecule has 0 aliphatic rings. The Morgan fingerprint density at radius 2 is 2.18 bits per heavy atom. The Balaban J connectivity index is 2.80. The zero-order chi connectivity index (χ0) is 13.0. The lowest BCUT2D eigenvalue weighted by molar-refractivity contribution is -0.144. The van der Waals surface area contributed by atoms with Gasteiger partial charge in [0, 0.05) is 0 Å². The van der Waals surface area contributed by atoms with Gasteiger partial charge in [-0.05, 0) is 24.6 Å². The van der Waals surface area contributed by atoms with E-state index < -0.39 is 18.2 Å². The number of nitrogens with two attached hydrogens (primary N) is 1. The van der Waals surface area contributed by atoms with Crippen LogP contribution < -0.4 is 5.73 Å². The molecular weight excluding hydrogens is 224 g/mol. The van der Waals surface area contributed by atoms with Gasteiger partial charge in [-0.25, -0.2) is 4.98 Å². The molecule has 17 heavy (non-hydrogen) atoms. The minimum absolute atomic E-state index is 0.235. The Morgan fingerprint density at radius 1 is 1.53 bits per heavy atom. The van der Waals surface area contributed by atoms with Gasteiger partial charge in [0.1, 0.15) is 11.9 Å². The summed E-state index contributed by atoms with van der Waals surface area (Å²) in [5.41, 5.74) is 6.58. The fourth-order valence-electron chi connectivity index (χ4n) is 1.44. The molecule has 0 saturated carbocycles. The van der Waals surface area contributed by atoms with Crippen molar-refractivity contribution in [3.8, 4) is 0 Å². The molecule has 1 aromatic rings. The van der Waals surface area contributed by atoms with E-state index in [2.05, 4.69) is 9.72 Å². The number of rotatable bonds is 4. The van der Waals surface area contributed by atoms with E-state index in [0.29, 0.717) is 0 Å². The lowest BCUT2D eigenvalue weighted by Gasteiger charge is -2.17. The van der Waals surface area contributed by atoms with E-state index in [1.54, 1.807) is 19.1 Å². The highest BCUT2D eigenvalue weighted by Gasteiger charge is 2.23. The van der Waals surface area contributed by atoms with Crippen LogP contribution in [-0.4, -0.2) is 34.4 Å². The number of aryl methyl sites for hydroxylation is 1. The van der Waals surface area contributed by atoms with E-state index in [-0.39, 0.29) is 17.9 Å². The molecule has 0 radical (unpaired) electrons. The van der Waals surface area contributed by atoms with Crippen molar-refractivity contribution in [1.29, 1.82) is 0 Å². The third-order valence-corrected chi connectivity index (χ3v) is 2.28. The van der Waals surface area contributed by atoms with Crippen LogP contribution in [0.2, 0.25) is 0 Å². The monoisotopic (exact) mass is 240 g/mol. The molecule has 2 unspecified atom stereocenters. The van der Waals surface area contributed by atoms with E-state index in [1.165, 1.54) is 7.11 Å². The van der Waals surface area contributed by atoms with Crippen molar-refractivity contribution >= 4 is 11.8 Å². The first-order chi connectivity index (χ1) is 7.93. The molecular formula is C11H16N2O4. The molecule has 94 valence electrons. The first kappa shape index (κ1) is 13.4. The number of nitrogens with zero attached hydrogens (tertiary/aromatic N) is 1. The molecule has 1 heterocycles. The van der Waals surface area contributed by atoms with Gasteiger partial charge in [-0.1, -0.05) is 0 Å². The lowest BCUT2D eigenvalue weighted by atomic mass is 10.1. The minimum Gasteiger partial charge on any atom is -0.469 e. The van der Waals surface area contributed by atoms with Crippen molar-refractivity contribution in [3.05, 3.63) is 23.4 Å². The standard InChI is InChI=1S/C11H16N2O4/c1-6-3-7(13-9(12)4-6)11(16)8(14)5-10(15)17-2/h3-4,8,11,14,16H,5H2,1-2H3,(H2,12,13). The molecule has 0 saturated heterocycles. The molecule has 6 heteroatoms. The number of hydrogen-bond acceptors (Lipinski definition) is 6. The predicted octanol–water partition coefficient (Wildman–Crippen LogP) is -0.0704. The summed E-state index contributed by atoms with van der Waals surface area (Å²) in [6.45, 7) is 1.79. The maximum atomic E-state index is 11.0. The third-order valence-electron chi connectivity index (χ3n) is 2.28. The van der Waals surface area contributed by atoms with Crippen LogP contribution >= 0.6 is 0 Å². The van der Waals surface area contributed by atoms with Gasteiger partial charge in [-0.2, -0.15) is 0 Å². The zero-order valence-electron chi connectivity index (χ0n) is 9.75. The summed E-state index contributed by atoms with van der Waals surface area (Å²) in [6, 6.07) is 3.24. The van der Waals surface area contributed by atoms with E-state index in [1.807, 2.05) is 0 Å². The first-order valence-electron chi connectivity index (χ1n) is 5.11. The van der Waals surface area contributed by atoms with Crippen LogP contribution in [0.25, 0.3) is 0 Å². The number of anilines is 1. The van der Waals surface area contributed by atoms with Crippen LogP contribution in [-0.2, 0) is 9.53 Å². The van der Waals surface area contributed by atoms with Crippen LogP contribution in [0.4, 0.5) is 5.82 Å². The van der Waals surface area contributed by atoms with E-state index in [4.69, 9.17) is 5.73 Å². The number of esters is 1. The SMILES string of the molecule is COC(=O)CC(O)C(O)c1cc(C)cc(N)n1. The number of aliphatic hydroxyl groups is 2. The highest BCUT2D eigenvalue weighted by atomic mass is 16.5. The number of carbonyl (C=O) groups excluding carboxylic acids is 1. The zero-order valence-corrected chi connectivity index (χ0v) is 9.75. The van der Waals surface area contributed by atoms with Gasteiger partial charge >= 0.3 is 5.97 Å². The van der Waals surface area contributed by atoms with Gasteiger partial charge in [0.15, 0.2) is 0 Å². The smallest absolute Gasteiger partial charge is 0.308 e. The Kier molecular flexibility index (Phi) is 4.42. The van der Waals surface area contributed by atoms with Crippen molar-refractivity contribution in [1.82, 2.24) is 4.98 Å². The summed E-state index contributed by atoms with van der Waals surface area (Å²) >= 11 is 0. The highest BCUT2D eigenvalue weighted by molar-refractivity contribution is 5.69. The summed E-state index contributed by atoms with van der Waals surface area (Å²) < 4.78 is 4.40. The van der Waals surface area contributed by atoms with Crippen molar-refractivity contribution in [2.24, 2.45) is 0 Å². The maximum absolute atomic E-state index is 11.0. The van der Waals surface area contributed by atoms with Gasteiger partial charge < -0.3 is 20.7 Å². The molecule has 6 nitrogen and oxygen atoms in total. The second-order valence-electron chi connectivity index (χ2n) is 3.79. The predicted molar refractivity (Wildman–Crippen MR) is 61.0 cm³/mol. The molecule has 1 aromatic heterocycles. The molecule has 0 amide bonds. The topological polar surface area (TPSA) is 106 Å². The quantitative estimate of drug-likeness (QED) is 0.636. The number of carbonyl (C=O) groups is 1. The van der Waals surface area contributed by atoms with Crippen molar-refractivity contribution < 1.29 is 19.7 Å².